The van der Waals surface area contributed by atoms with Crippen LogP contribution in [0.5, 0.6) is 0 Å². The molecule has 18 heavy (non-hydrogen) atoms. The number of benzene rings is 1. The zero-order chi connectivity index (χ0) is 13.3. The van der Waals surface area contributed by atoms with Gasteiger partial charge >= 0.3 is 0 Å². The lowest BCUT2D eigenvalue weighted by Crippen LogP contribution is -2.31. The van der Waals surface area contributed by atoms with E-state index in [1.54, 1.807) is 12.1 Å². The van der Waals surface area contributed by atoms with Crippen molar-refractivity contribution in [3.8, 4) is 0 Å². The predicted molar refractivity (Wildman–Crippen MR) is 73.2 cm³/mol. The SMILES string of the molecule is C=C(C)CN1CCCc2ccc(S(N)(=O)=O)cc21. The van der Waals surface area contributed by atoms with Gasteiger partial charge in [0.2, 0.25) is 10.0 Å². The molecule has 4 nitrogen and oxygen atoms in total. The molecule has 0 radical (unpaired) electrons. The van der Waals surface area contributed by atoms with Crippen molar-refractivity contribution in [2.75, 3.05) is 18.0 Å². The summed E-state index contributed by atoms with van der Waals surface area (Å²) in [6.45, 7) is 7.55. The van der Waals surface area contributed by atoms with Gasteiger partial charge in [-0.3, -0.25) is 0 Å². The van der Waals surface area contributed by atoms with Crippen LogP contribution in [0.3, 0.4) is 0 Å². The van der Waals surface area contributed by atoms with Gasteiger partial charge in [0.1, 0.15) is 0 Å². The highest BCUT2D eigenvalue weighted by Crippen LogP contribution is 2.29. The van der Waals surface area contributed by atoms with Gasteiger partial charge in [-0.1, -0.05) is 18.2 Å². The van der Waals surface area contributed by atoms with Crippen molar-refractivity contribution in [1.29, 1.82) is 0 Å². The van der Waals surface area contributed by atoms with Crippen molar-refractivity contribution < 1.29 is 8.42 Å². The highest BCUT2D eigenvalue weighted by atomic mass is 32.2. The molecule has 0 unspecified atom stereocenters. The van der Waals surface area contributed by atoms with Crippen LogP contribution in [0.15, 0.2) is 35.2 Å². The highest BCUT2D eigenvalue weighted by Gasteiger charge is 2.19. The van der Waals surface area contributed by atoms with Gasteiger partial charge in [0.25, 0.3) is 0 Å². The third kappa shape index (κ3) is 2.73. The topological polar surface area (TPSA) is 63.4 Å². The molecule has 1 aromatic carbocycles. The summed E-state index contributed by atoms with van der Waals surface area (Å²) in [5.41, 5.74) is 3.20. The van der Waals surface area contributed by atoms with E-state index in [0.29, 0.717) is 0 Å². The van der Waals surface area contributed by atoms with Gasteiger partial charge in [-0.05, 0) is 37.5 Å². The molecule has 0 saturated heterocycles. The number of aryl methyl sites for hydroxylation is 1. The summed E-state index contributed by atoms with van der Waals surface area (Å²) < 4.78 is 22.8. The summed E-state index contributed by atoms with van der Waals surface area (Å²) in [6.07, 6.45) is 2.06. The molecule has 98 valence electrons. The van der Waals surface area contributed by atoms with Gasteiger partial charge in [0, 0.05) is 18.8 Å². The Labute approximate surface area is 108 Å². The number of nitrogens with two attached hydrogens (primary N) is 1. The monoisotopic (exact) mass is 266 g/mol. The Hall–Kier alpha value is -1.33. The van der Waals surface area contributed by atoms with Gasteiger partial charge < -0.3 is 4.90 Å². The van der Waals surface area contributed by atoms with Gasteiger partial charge in [-0.15, -0.1) is 0 Å². The number of rotatable bonds is 3. The minimum absolute atomic E-state index is 0.176. The predicted octanol–water partition coefficient (Wildman–Crippen LogP) is 1.66. The maximum Gasteiger partial charge on any atom is 0.238 e. The van der Waals surface area contributed by atoms with E-state index >= 15 is 0 Å². The molecule has 0 atom stereocenters. The molecular formula is C13H18N2O2S. The molecular weight excluding hydrogens is 248 g/mol. The van der Waals surface area contributed by atoms with E-state index in [1.165, 1.54) is 5.56 Å². The second-order valence-corrected chi connectivity index (χ2v) is 6.38. The Morgan fingerprint density at radius 3 is 2.83 bits per heavy atom. The van der Waals surface area contributed by atoms with Crippen molar-refractivity contribution in [1.82, 2.24) is 0 Å². The Kier molecular flexibility index (Phi) is 3.45. The lowest BCUT2D eigenvalue weighted by Gasteiger charge is -2.31. The van der Waals surface area contributed by atoms with Gasteiger partial charge in [-0.2, -0.15) is 0 Å². The Morgan fingerprint density at radius 2 is 2.22 bits per heavy atom. The van der Waals surface area contributed by atoms with Crippen LogP contribution in [-0.4, -0.2) is 21.5 Å². The molecule has 5 heteroatoms. The minimum atomic E-state index is -3.64. The molecule has 1 aromatic rings. The summed E-state index contributed by atoms with van der Waals surface area (Å²) in [5, 5.41) is 5.17. The zero-order valence-corrected chi connectivity index (χ0v) is 11.3. The van der Waals surface area contributed by atoms with E-state index in [2.05, 4.69) is 11.5 Å². The van der Waals surface area contributed by atoms with E-state index in [4.69, 9.17) is 5.14 Å². The number of hydrogen-bond donors (Lipinski definition) is 1. The van der Waals surface area contributed by atoms with Gasteiger partial charge in [0.05, 0.1) is 4.90 Å². The molecule has 0 bridgehead atoms. The molecule has 1 aliphatic rings. The summed E-state index contributed by atoms with van der Waals surface area (Å²) in [5.74, 6) is 0. The Morgan fingerprint density at radius 1 is 1.50 bits per heavy atom. The van der Waals surface area contributed by atoms with E-state index in [0.717, 1.165) is 37.2 Å². The van der Waals surface area contributed by atoms with Crippen molar-refractivity contribution >= 4 is 15.7 Å². The van der Waals surface area contributed by atoms with Crippen LogP contribution in [0.4, 0.5) is 5.69 Å². The normalized spacial score (nSPS) is 15.3. The summed E-state index contributed by atoms with van der Waals surface area (Å²) in [6, 6.07) is 5.12. The Bertz CT molecular complexity index is 579. The molecule has 1 heterocycles. The lowest BCUT2D eigenvalue weighted by molar-refractivity contribution is 0.597. The number of fused-ring (bicyclic) bond motifs is 1. The molecule has 0 spiro atoms. The molecule has 2 rings (SSSR count). The molecule has 0 amide bonds. The fourth-order valence-electron chi connectivity index (χ4n) is 2.30. The maximum absolute atomic E-state index is 11.4. The maximum atomic E-state index is 11.4. The van der Waals surface area contributed by atoms with E-state index in [-0.39, 0.29) is 4.90 Å². The van der Waals surface area contributed by atoms with E-state index in [1.807, 2.05) is 13.0 Å². The minimum Gasteiger partial charge on any atom is -0.367 e. The van der Waals surface area contributed by atoms with Crippen LogP contribution >= 0.6 is 0 Å². The lowest BCUT2D eigenvalue weighted by atomic mass is 10.0. The largest absolute Gasteiger partial charge is 0.367 e. The summed E-state index contributed by atoms with van der Waals surface area (Å²) >= 11 is 0. The molecule has 0 saturated carbocycles. The van der Waals surface area contributed by atoms with Gasteiger partial charge in [0.15, 0.2) is 0 Å². The molecule has 0 fully saturated rings. The zero-order valence-electron chi connectivity index (χ0n) is 10.5. The van der Waals surface area contributed by atoms with Crippen LogP contribution in [-0.2, 0) is 16.4 Å². The fraction of sp³-hybridized carbons (Fsp3) is 0.385. The third-order valence-electron chi connectivity index (χ3n) is 3.06. The standard InChI is InChI=1S/C13H18N2O2S/c1-10(2)9-15-7-3-4-11-5-6-12(8-13(11)15)18(14,16)17/h5-6,8H,1,3-4,7,9H2,2H3,(H2,14,16,17). The molecule has 2 N–H and O–H groups in total. The third-order valence-corrected chi connectivity index (χ3v) is 3.97. The number of nitrogens with zero attached hydrogens (tertiary/aromatic N) is 1. The van der Waals surface area contributed by atoms with E-state index in [9.17, 15) is 8.42 Å². The number of hydrogen-bond acceptors (Lipinski definition) is 3. The number of anilines is 1. The smallest absolute Gasteiger partial charge is 0.238 e. The average molecular weight is 266 g/mol. The number of primary sulfonamides is 1. The van der Waals surface area contributed by atoms with Crippen LogP contribution in [0.2, 0.25) is 0 Å². The van der Waals surface area contributed by atoms with Crippen LogP contribution in [0, 0.1) is 0 Å². The molecule has 0 aliphatic carbocycles. The average Bonchev–Trinajstić information content (AvgIpc) is 2.27. The molecule has 1 aliphatic heterocycles. The van der Waals surface area contributed by atoms with Crippen LogP contribution < -0.4 is 10.0 Å². The quantitative estimate of drug-likeness (QED) is 0.846. The van der Waals surface area contributed by atoms with Crippen molar-refractivity contribution in [2.45, 2.75) is 24.7 Å². The molecule has 0 aromatic heterocycles. The highest BCUT2D eigenvalue weighted by molar-refractivity contribution is 7.89. The summed E-state index contributed by atoms with van der Waals surface area (Å²) in [7, 11) is -3.64. The van der Waals surface area contributed by atoms with Crippen LogP contribution in [0.25, 0.3) is 0 Å². The number of sulfonamides is 1. The first-order chi connectivity index (χ1) is 8.38. The fourth-order valence-corrected chi connectivity index (χ4v) is 2.83. The van der Waals surface area contributed by atoms with Crippen molar-refractivity contribution in [2.24, 2.45) is 5.14 Å². The first kappa shape index (κ1) is 13.1. The van der Waals surface area contributed by atoms with E-state index < -0.39 is 10.0 Å². The first-order valence-corrected chi connectivity index (χ1v) is 7.47. The summed E-state index contributed by atoms with van der Waals surface area (Å²) in [4.78, 5) is 2.34. The second-order valence-electron chi connectivity index (χ2n) is 4.82. The van der Waals surface area contributed by atoms with Crippen LogP contribution in [0.1, 0.15) is 18.9 Å². The Balaban J connectivity index is 2.44. The van der Waals surface area contributed by atoms with Gasteiger partial charge in [-0.25, -0.2) is 13.6 Å². The second kappa shape index (κ2) is 4.74. The van der Waals surface area contributed by atoms with Crippen molar-refractivity contribution in [3.63, 3.8) is 0 Å². The van der Waals surface area contributed by atoms with Crippen molar-refractivity contribution in [3.05, 3.63) is 35.9 Å². The first-order valence-electron chi connectivity index (χ1n) is 5.93.